The molecule has 11 heteroatoms. The summed E-state index contributed by atoms with van der Waals surface area (Å²) in [6.45, 7) is -0.681. The molecule has 0 fully saturated rings. The molecular formula is C16H12ClF3N2O5. The molecule has 0 spiro atoms. The lowest BCUT2D eigenvalue weighted by molar-refractivity contribution is -0.385. The molecule has 0 saturated carbocycles. The predicted molar refractivity (Wildman–Crippen MR) is 90.2 cm³/mol. The number of carbonyl (C=O) groups excluding carboxylic acids is 1. The van der Waals surface area contributed by atoms with Crippen LogP contribution in [0, 0.1) is 10.1 Å². The van der Waals surface area contributed by atoms with Crippen LogP contribution in [0.2, 0.25) is 5.02 Å². The highest BCUT2D eigenvalue weighted by molar-refractivity contribution is 6.33. The molecule has 0 aliphatic heterocycles. The van der Waals surface area contributed by atoms with Crippen molar-refractivity contribution in [1.29, 1.82) is 0 Å². The number of hydrogen-bond donors (Lipinski definition) is 1. The number of nitro benzene ring substituents is 1. The van der Waals surface area contributed by atoms with Crippen LogP contribution < -0.4 is 14.8 Å². The monoisotopic (exact) mass is 404 g/mol. The Kier molecular flexibility index (Phi) is 6.11. The molecule has 0 bridgehead atoms. The van der Waals surface area contributed by atoms with Crippen molar-refractivity contribution in [2.45, 2.75) is 6.18 Å². The first kappa shape index (κ1) is 20.3. The summed E-state index contributed by atoms with van der Waals surface area (Å²) >= 11 is 5.78. The number of nitro groups is 1. The quantitative estimate of drug-likeness (QED) is 0.572. The summed E-state index contributed by atoms with van der Waals surface area (Å²) in [5.74, 6) is -0.832. The van der Waals surface area contributed by atoms with Gasteiger partial charge in [-0.1, -0.05) is 11.6 Å². The smallest absolute Gasteiger partial charge is 0.416 e. The molecule has 0 saturated heterocycles. The van der Waals surface area contributed by atoms with E-state index < -0.39 is 34.9 Å². The van der Waals surface area contributed by atoms with Gasteiger partial charge in [-0.3, -0.25) is 14.9 Å². The van der Waals surface area contributed by atoms with Crippen LogP contribution in [0.25, 0.3) is 0 Å². The number of methoxy groups -OCH3 is 1. The maximum absolute atomic E-state index is 12.7. The molecule has 0 heterocycles. The van der Waals surface area contributed by atoms with E-state index in [4.69, 9.17) is 21.1 Å². The summed E-state index contributed by atoms with van der Waals surface area (Å²) < 4.78 is 48.2. The molecule has 27 heavy (non-hydrogen) atoms. The van der Waals surface area contributed by atoms with Crippen LogP contribution in [0.1, 0.15) is 5.56 Å². The number of anilines is 1. The Labute approximate surface area is 155 Å². The Morgan fingerprint density at radius 1 is 1.26 bits per heavy atom. The van der Waals surface area contributed by atoms with Crippen LogP contribution in [0.15, 0.2) is 36.4 Å². The van der Waals surface area contributed by atoms with Gasteiger partial charge in [0.15, 0.2) is 12.4 Å². The molecule has 0 radical (unpaired) electrons. The number of alkyl halides is 3. The molecule has 7 nitrogen and oxygen atoms in total. The van der Waals surface area contributed by atoms with E-state index in [2.05, 4.69) is 5.32 Å². The minimum absolute atomic E-state index is 0.105. The second-order valence-corrected chi connectivity index (χ2v) is 5.53. The second kappa shape index (κ2) is 8.12. The van der Waals surface area contributed by atoms with Gasteiger partial charge in [-0.05, 0) is 30.3 Å². The number of halogens is 4. The van der Waals surface area contributed by atoms with E-state index >= 15 is 0 Å². The molecule has 144 valence electrons. The molecule has 1 amide bonds. The highest BCUT2D eigenvalue weighted by Crippen LogP contribution is 2.34. The summed E-state index contributed by atoms with van der Waals surface area (Å²) in [6, 6.07) is 6.18. The predicted octanol–water partition coefficient (Wildman–Crippen LogP) is 4.29. The van der Waals surface area contributed by atoms with E-state index in [9.17, 15) is 28.1 Å². The SMILES string of the molecule is COc1ccc(OCC(=O)Nc2cc(C(F)(F)F)ccc2Cl)c([N+](=O)[O-])c1. The highest BCUT2D eigenvalue weighted by atomic mass is 35.5. The molecule has 2 aromatic rings. The van der Waals surface area contributed by atoms with Crippen molar-refractivity contribution in [3.8, 4) is 11.5 Å². The van der Waals surface area contributed by atoms with Gasteiger partial charge >= 0.3 is 11.9 Å². The van der Waals surface area contributed by atoms with Crippen LogP contribution in [-0.4, -0.2) is 24.5 Å². The molecule has 2 rings (SSSR count). The standard InChI is InChI=1S/C16H12ClF3N2O5/c1-26-10-3-5-14(13(7-10)22(24)25)27-8-15(23)21-12-6-9(16(18,19)20)2-4-11(12)17/h2-7H,8H2,1H3,(H,21,23). The summed E-state index contributed by atoms with van der Waals surface area (Å²) in [7, 11) is 1.33. The van der Waals surface area contributed by atoms with E-state index in [1.54, 1.807) is 0 Å². The lowest BCUT2D eigenvalue weighted by atomic mass is 10.2. The van der Waals surface area contributed by atoms with Crippen LogP contribution >= 0.6 is 11.6 Å². The van der Waals surface area contributed by atoms with Crippen molar-refractivity contribution >= 4 is 28.9 Å². The fourth-order valence-corrected chi connectivity index (χ4v) is 2.18. The molecular weight excluding hydrogens is 393 g/mol. The van der Waals surface area contributed by atoms with E-state index in [1.165, 1.54) is 19.2 Å². The minimum Gasteiger partial charge on any atom is -0.496 e. The first-order chi connectivity index (χ1) is 12.6. The molecule has 1 N–H and O–H groups in total. The van der Waals surface area contributed by atoms with Crippen LogP contribution in [-0.2, 0) is 11.0 Å². The minimum atomic E-state index is -4.61. The lowest BCUT2D eigenvalue weighted by Crippen LogP contribution is -2.21. The fourth-order valence-electron chi connectivity index (χ4n) is 2.02. The number of amides is 1. The Bertz CT molecular complexity index is 874. The van der Waals surface area contributed by atoms with Gasteiger partial charge < -0.3 is 14.8 Å². The number of benzene rings is 2. The van der Waals surface area contributed by atoms with E-state index in [-0.39, 0.29) is 22.2 Å². The van der Waals surface area contributed by atoms with Crippen molar-refractivity contribution in [2.75, 3.05) is 19.0 Å². The largest absolute Gasteiger partial charge is 0.496 e. The topological polar surface area (TPSA) is 90.7 Å². The van der Waals surface area contributed by atoms with Gasteiger partial charge in [0.1, 0.15) is 5.75 Å². The van der Waals surface area contributed by atoms with Crippen molar-refractivity contribution in [3.63, 3.8) is 0 Å². The fraction of sp³-hybridized carbons (Fsp3) is 0.188. The van der Waals surface area contributed by atoms with E-state index in [0.717, 1.165) is 18.2 Å². The third-order valence-electron chi connectivity index (χ3n) is 3.29. The first-order valence-corrected chi connectivity index (χ1v) is 7.61. The van der Waals surface area contributed by atoms with E-state index in [0.29, 0.717) is 6.07 Å². The summed E-state index contributed by atoms with van der Waals surface area (Å²) in [6.07, 6.45) is -4.61. The van der Waals surface area contributed by atoms with Gasteiger partial charge in [-0.25, -0.2) is 0 Å². The molecule has 0 atom stereocenters. The molecule has 0 aliphatic rings. The average molecular weight is 405 g/mol. The second-order valence-electron chi connectivity index (χ2n) is 5.12. The van der Waals surface area contributed by atoms with Gasteiger partial charge in [0.05, 0.1) is 34.4 Å². The molecule has 0 aliphatic carbocycles. The molecule has 0 aromatic heterocycles. The molecule has 2 aromatic carbocycles. The normalized spacial score (nSPS) is 11.0. The number of rotatable bonds is 6. The molecule has 0 unspecified atom stereocenters. The Balaban J connectivity index is 2.11. The van der Waals surface area contributed by atoms with Crippen LogP contribution in [0.5, 0.6) is 11.5 Å². The van der Waals surface area contributed by atoms with Gasteiger partial charge in [0.2, 0.25) is 0 Å². The Morgan fingerprint density at radius 3 is 2.56 bits per heavy atom. The number of ether oxygens (including phenoxy) is 2. The lowest BCUT2D eigenvalue weighted by Gasteiger charge is -2.12. The van der Waals surface area contributed by atoms with Gasteiger partial charge in [-0.15, -0.1) is 0 Å². The van der Waals surface area contributed by atoms with Crippen molar-refractivity contribution in [2.24, 2.45) is 0 Å². The zero-order chi connectivity index (χ0) is 20.2. The van der Waals surface area contributed by atoms with Gasteiger partial charge in [0, 0.05) is 0 Å². The Hall–Kier alpha value is -3.01. The number of nitrogens with zero attached hydrogens (tertiary/aromatic N) is 1. The maximum Gasteiger partial charge on any atom is 0.416 e. The zero-order valence-electron chi connectivity index (χ0n) is 13.7. The number of hydrogen-bond acceptors (Lipinski definition) is 5. The van der Waals surface area contributed by atoms with Crippen molar-refractivity contribution in [1.82, 2.24) is 0 Å². The van der Waals surface area contributed by atoms with Crippen LogP contribution in [0.4, 0.5) is 24.5 Å². The zero-order valence-corrected chi connectivity index (χ0v) is 14.4. The first-order valence-electron chi connectivity index (χ1n) is 7.23. The third kappa shape index (κ3) is 5.23. The average Bonchev–Trinajstić information content (AvgIpc) is 2.60. The maximum atomic E-state index is 12.7. The van der Waals surface area contributed by atoms with Gasteiger partial charge in [-0.2, -0.15) is 13.2 Å². The summed E-state index contributed by atoms with van der Waals surface area (Å²) in [5.41, 5.74) is -1.68. The van der Waals surface area contributed by atoms with Crippen molar-refractivity contribution in [3.05, 3.63) is 57.1 Å². The number of nitrogens with one attached hydrogen (secondary N) is 1. The van der Waals surface area contributed by atoms with E-state index in [1.807, 2.05) is 0 Å². The highest BCUT2D eigenvalue weighted by Gasteiger charge is 2.31. The number of carbonyl (C=O) groups is 1. The Morgan fingerprint density at radius 2 is 1.96 bits per heavy atom. The van der Waals surface area contributed by atoms with Gasteiger partial charge in [0.25, 0.3) is 5.91 Å². The van der Waals surface area contributed by atoms with Crippen molar-refractivity contribution < 1.29 is 32.4 Å². The third-order valence-corrected chi connectivity index (χ3v) is 3.62. The van der Waals surface area contributed by atoms with Crippen LogP contribution in [0.3, 0.4) is 0 Å². The summed E-state index contributed by atoms with van der Waals surface area (Å²) in [5, 5.41) is 13.1. The summed E-state index contributed by atoms with van der Waals surface area (Å²) in [4.78, 5) is 22.3.